The molecule has 28 heavy (non-hydrogen) atoms. The van der Waals surface area contributed by atoms with E-state index < -0.39 is 0 Å². The smallest absolute Gasteiger partial charge is 0.194 e. The fourth-order valence-corrected chi connectivity index (χ4v) is 3.95. The lowest BCUT2D eigenvalue weighted by Crippen LogP contribution is -2.07. The average molecular weight is 457 g/mol. The van der Waals surface area contributed by atoms with E-state index in [2.05, 4.69) is 47.2 Å². The van der Waals surface area contributed by atoms with Crippen LogP contribution in [0.25, 0.3) is 0 Å². The quantitative estimate of drug-likeness (QED) is 0.389. The minimum absolute atomic E-state index is 0.0245. The molecule has 0 saturated heterocycles. The Bertz CT molecular complexity index is 1030. The van der Waals surface area contributed by atoms with Crippen LogP contribution in [0.5, 0.6) is 0 Å². The lowest BCUT2D eigenvalue weighted by Gasteiger charge is -2.13. The molecule has 0 fully saturated rings. The van der Waals surface area contributed by atoms with Gasteiger partial charge in [-0.3, -0.25) is 4.79 Å². The molecule has 0 atom stereocenters. The van der Waals surface area contributed by atoms with E-state index in [0.717, 1.165) is 50.9 Å². The van der Waals surface area contributed by atoms with Crippen LogP contribution in [0.3, 0.4) is 0 Å². The molecule has 0 bridgehead atoms. The van der Waals surface area contributed by atoms with Crippen molar-refractivity contribution in [2.24, 2.45) is 0 Å². The van der Waals surface area contributed by atoms with Crippen LogP contribution in [0.15, 0.2) is 59.1 Å². The van der Waals surface area contributed by atoms with Gasteiger partial charge in [0.25, 0.3) is 0 Å². The van der Waals surface area contributed by atoms with Crippen LogP contribution in [0.4, 0.5) is 11.4 Å². The summed E-state index contributed by atoms with van der Waals surface area (Å²) in [5.74, 6) is -0.0245. The van der Waals surface area contributed by atoms with Crippen LogP contribution >= 0.6 is 27.5 Å². The first-order valence-corrected chi connectivity index (χ1v) is 10.6. The molecule has 0 heterocycles. The monoisotopic (exact) mass is 455 g/mol. The molecule has 0 unspecified atom stereocenters. The zero-order valence-electron chi connectivity index (χ0n) is 16.3. The normalized spacial score (nSPS) is 10.8. The molecule has 0 aliphatic carbocycles. The Labute approximate surface area is 180 Å². The summed E-state index contributed by atoms with van der Waals surface area (Å²) < 4.78 is 1.04. The van der Waals surface area contributed by atoms with E-state index in [0.29, 0.717) is 10.6 Å². The number of ketones is 1. The summed E-state index contributed by atoms with van der Waals surface area (Å²) in [5, 5.41) is 3.82. The Hall–Kier alpha value is -2.10. The molecule has 0 aliphatic heterocycles. The average Bonchev–Trinajstić information content (AvgIpc) is 2.69. The number of hydrogen-bond acceptors (Lipinski definition) is 2. The minimum Gasteiger partial charge on any atom is -0.355 e. The van der Waals surface area contributed by atoms with Crippen LogP contribution in [0.2, 0.25) is 5.02 Å². The van der Waals surface area contributed by atoms with E-state index in [1.165, 1.54) is 0 Å². The molecule has 2 nitrogen and oxygen atoms in total. The van der Waals surface area contributed by atoms with Gasteiger partial charge >= 0.3 is 0 Å². The largest absolute Gasteiger partial charge is 0.355 e. The van der Waals surface area contributed by atoms with Gasteiger partial charge in [-0.05, 0) is 78.9 Å². The third-order valence-electron chi connectivity index (χ3n) is 4.89. The fraction of sp³-hybridized carbons (Fsp3) is 0.208. The fourth-order valence-electron chi connectivity index (χ4n) is 3.21. The first-order valence-electron chi connectivity index (χ1n) is 9.42. The van der Waals surface area contributed by atoms with Crippen molar-refractivity contribution < 1.29 is 4.79 Å². The Morgan fingerprint density at radius 3 is 2.39 bits per heavy atom. The molecule has 3 aromatic carbocycles. The first-order chi connectivity index (χ1) is 13.4. The summed E-state index contributed by atoms with van der Waals surface area (Å²) in [5.41, 5.74) is 6.45. The van der Waals surface area contributed by atoms with Crippen LogP contribution < -0.4 is 5.32 Å². The zero-order chi connectivity index (χ0) is 20.3. The molecule has 0 aromatic heterocycles. The standard InChI is InChI=1S/C24H23BrClNO/c1-4-16-6-7-17(5-2)21(13-16)24(28)20-10-9-19(14-22(20)26)27-23-11-8-18(25)12-15(23)3/h6-14,27H,4-5H2,1-3H3. The number of halogens is 2. The maximum atomic E-state index is 13.2. The number of aryl methyl sites for hydroxylation is 3. The first kappa shape index (κ1) is 20.6. The van der Waals surface area contributed by atoms with Crippen molar-refractivity contribution in [2.75, 3.05) is 5.32 Å². The lowest BCUT2D eigenvalue weighted by molar-refractivity contribution is 0.103. The van der Waals surface area contributed by atoms with Crippen LogP contribution in [-0.4, -0.2) is 5.78 Å². The third kappa shape index (κ3) is 4.48. The van der Waals surface area contributed by atoms with Crippen molar-refractivity contribution in [1.29, 1.82) is 0 Å². The van der Waals surface area contributed by atoms with Crippen molar-refractivity contribution in [3.63, 3.8) is 0 Å². The summed E-state index contributed by atoms with van der Waals surface area (Å²) in [4.78, 5) is 13.2. The van der Waals surface area contributed by atoms with Gasteiger partial charge in [0, 0.05) is 27.0 Å². The van der Waals surface area contributed by atoms with Gasteiger partial charge in [-0.2, -0.15) is 0 Å². The SMILES string of the molecule is CCc1ccc(CC)c(C(=O)c2ccc(Nc3ccc(Br)cc3C)cc2Cl)c1. The highest BCUT2D eigenvalue weighted by Crippen LogP contribution is 2.29. The van der Waals surface area contributed by atoms with Crippen LogP contribution in [0.1, 0.15) is 46.5 Å². The molecule has 0 radical (unpaired) electrons. The molecule has 4 heteroatoms. The predicted octanol–water partition coefficient (Wildman–Crippen LogP) is 7.51. The highest BCUT2D eigenvalue weighted by molar-refractivity contribution is 9.10. The predicted molar refractivity (Wildman–Crippen MR) is 122 cm³/mol. The second-order valence-electron chi connectivity index (χ2n) is 6.81. The van der Waals surface area contributed by atoms with E-state index >= 15 is 0 Å². The number of carbonyl (C=O) groups excluding carboxylic acids is 1. The van der Waals surface area contributed by atoms with Gasteiger partial charge < -0.3 is 5.32 Å². The Balaban J connectivity index is 1.91. The van der Waals surface area contributed by atoms with Crippen molar-refractivity contribution >= 4 is 44.7 Å². The van der Waals surface area contributed by atoms with Crippen molar-refractivity contribution in [2.45, 2.75) is 33.6 Å². The second-order valence-corrected chi connectivity index (χ2v) is 8.13. The van der Waals surface area contributed by atoms with E-state index in [4.69, 9.17) is 11.6 Å². The topological polar surface area (TPSA) is 29.1 Å². The summed E-state index contributed by atoms with van der Waals surface area (Å²) in [7, 11) is 0. The van der Waals surface area contributed by atoms with Gasteiger partial charge in [0.15, 0.2) is 5.78 Å². The van der Waals surface area contributed by atoms with E-state index in [1.54, 1.807) is 6.07 Å². The Morgan fingerprint density at radius 2 is 1.75 bits per heavy atom. The number of anilines is 2. The van der Waals surface area contributed by atoms with E-state index in [-0.39, 0.29) is 5.78 Å². The minimum atomic E-state index is -0.0245. The summed E-state index contributed by atoms with van der Waals surface area (Å²) in [6.45, 7) is 6.19. The number of nitrogens with one attached hydrogen (secondary N) is 1. The van der Waals surface area contributed by atoms with Gasteiger partial charge in [-0.25, -0.2) is 0 Å². The van der Waals surface area contributed by atoms with E-state index in [1.807, 2.05) is 43.3 Å². The third-order valence-corrected chi connectivity index (χ3v) is 5.70. The van der Waals surface area contributed by atoms with Gasteiger partial charge in [0.05, 0.1) is 5.02 Å². The van der Waals surface area contributed by atoms with Crippen molar-refractivity contribution in [3.05, 3.63) is 91.9 Å². The van der Waals surface area contributed by atoms with Gasteiger partial charge in [0.2, 0.25) is 0 Å². The Morgan fingerprint density at radius 1 is 0.964 bits per heavy atom. The molecule has 1 N–H and O–H groups in total. The molecule has 0 spiro atoms. The second kappa shape index (κ2) is 8.93. The molecule has 3 rings (SSSR count). The molecule has 0 aliphatic rings. The van der Waals surface area contributed by atoms with E-state index in [9.17, 15) is 4.79 Å². The molecule has 3 aromatic rings. The highest BCUT2D eigenvalue weighted by Gasteiger charge is 2.17. The number of hydrogen-bond donors (Lipinski definition) is 1. The van der Waals surface area contributed by atoms with Crippen molar-refractivity contribution in [3.8, 4) is 0 Å². The molecular formula is C24H23BrClNO. The zero-order valence-corrected chi connectivity index (χ0v) is 18.6. The number of rotatable bonds is 6. The molecular weight excluding hydrogens is 434 g/mol. The summed E-state index contributed by atoms with van der Waals surface area (Å²) in [6.07, 6.45) is 1.71. The lowest BCUT2D eigenvalue weighted by atomic mass is 9.94. The number of benzene rings is 3. The summed E-state index contributed by atoms with van der Waals surface area (Å²) >= 11 is 9.98. The highest BCUT2D eigenvalue weighted by atomic mass is 79.9. The maximum Gasteiger partial charge on any atom is 0.194 e. The molecule has 0 saturated carbocycles. The summed E-state index contributed by atoms with van der Waals surface area (Å²) in [6, 6.07) is 17.7. The van der Waals surface area contributed by atoms with Crippen LogP contribution in [0, 0.1) is 6.92 Å². The number of carbonyl (C=O) groups is 1. The maximum absolute atomic E-state index is 13.2. The van der Waals surface area contributed by atoms with Gasteiger partial charge in [-0.1, -0.05) is 53.5 Å². The van der Waals surface area contributed by atoms with Crippen LogP contribution in [-0.2, 0) is 12.8 Å². The molecule has 144 valence electrons. The molecule has 0 amide bonds. The van der Waals surface area contributed by atoms with Gasteiger partial charge in [0.1, 0.15) is 0 Å². The Kier molecular flexibility index (Phi) is 6.58. The van der Waals surface area contributed by atoms with Gasteiger partial charge in [-0.15, -0.1) is 0 Å². The van der Waals surface area contributed by atoms with Crippen molar-refractivity contribution in [1.82, 2.24) is 0 Å².